The van der Waals surface area contributed by atoms with Crippen LogP contribution in [0.15, 0.2) is 90.0 Å². The van der Waals surface area contributed by atoms with Gasteiger partial charge in [-0.3, -0.25) is 4.18 Å². The number of anilines is 1. The molecule has 1 aliphatic rings. The Morgan fingerprint density at radius 2 is 1.47 bits per heavy atom. The number of benzene rings is 3. The van der Waals surface area contributed by atoms with Gasteiger partial charge >= 0.3 is 0 Å². The molecule has 1 aliphatic heterocycles. The van der Waals surface area contributed by atoms with Crippen LogP contribution >= 0.6 is 0 Å². The summed E-state index contributed by atoms with van der Waals surface area (Å²) in [6, 6.07) is 28.9. The van der Waals surface area contributed by atoms with E-state index in [1.165, 1.54) is 5.56 Å². The van der Waals surface area contributed by atoms with Gasteiger partial charge in [0.15, 0.2) is 5.69 Å². The fourth-order valence-corrected chi connectivity index (χ4v) is 2.73. The molecule has 3 aromatic carbocycles. The van der Waals surface area contributed by atoms with Crippen LogP contribution in [-0.2, 0) is 14.6 Å². The summed E-state index contributed by atoms with van der Waals surface area (Å²) in [6.07, 6.45) is 0. The first-order valence-corrected chi connectivity index (χ1v) is 10.4. The summed E-state index contributed by atoms with van der Waals surface area (Å²) < 4.78 is 31.0. The number of hydrazine groups is 1. The van der Waals surface area contributed by atoms with Crippen molar-refractivity contribution in [1.29, 1.82) is 0 Å². The molecule has 0 saturated heterocycles. The maximum Gasteiger partial charge on any atom is 0.217 e. The molecule has 0 saturated carbocycles. The Bertz CT molecular complexity index is 1090. The lowest BCUT2D eigenvalue weighted by molar-refractivity contribution is -0.846. The molecular formula is C21H22N4O4S. The van der Waals surface area contributed by atoms with Crippen LogP contribution in [0.5, 0.6) is 0 Å². The predicted octanol–water partition coefficient (Wildman–Crippen LogP) is 1.91. The van der Waals surface area contributed by atoms with Gasteiger partial charge < -0.3 is 4.55 Å². The summed E-state index contributed by atoms with van der Waals surface area (Å²) >= 11 is 0. The predicted molar refractivity (Wildman–Crippen MR) is 114 cm³/mol. The normalized spacial score (nSPS) is 15.6. The van der Waals surface area contributed by atoms with Crippen molar-refractivity contribution in [3.63, 3.8) is 0 Å². The topological polar surface area (TPSA) is 98.5 Å². The van der Waals surface area contributed by atoms with Crippen LogP contribution in [0.1, 0.15) is 11.1 Å². The molecule has 0 fully saturated rings. The lowest BCUT2D eigenvalue weighted by atomic mass is 10.2. The molecule has 0 bridgehead atoms. The van der Waals surface area contributed by atoms with E-state index in [1.807, 2.05) is 41.5 Å². The molecule has 2 N–H and O–H groups in total. The quantitative estimate of drug-likeness (QED) is 0.489. The zero-order chi connectivity index (χ0) is 21.6. The smallest absolute Gasteiger partial charge is 0.217 e. The average molecular weight is 426 g/mol. The molecule has 3 aromatic rings. The summed E-state index contributed by atoms with van der Waals surface area (Å²) in [6.45, 7) is 2.09. The highest BCUT2D eigenvalue weighted by molar-refractivity contribution is 7.80. The van der Waals surface area contributed by atoms with E-state index in [-0.39, 0.29) is 0 Å². The first-order chi connectivity index (χ1) is 14.4. The number of rotatable bonds is 4. The van der Waals surface area contributed by atoms with Gasteiger partial charge in [0, 0.05) is 17.7 Å². The molecule has 156 valence electrons. The van der Waals surface area contributed by atoms with Crippen molar-refractivity contribution in [2.75, 3.05) is 12.2 Å². The Labute approximate surface area is 175 Å². The van der Waals surface area contributed by atoms with Crippen molar-refractivity contribution < 1.29 is 22.3 Å². The van der Waals surface area contributed by atoms with Crippen LogP contribution in [0.2, 0.25) is 0 Å². The second-order valence-electron chi connectivity index (χ2n) is 6.37. The van der Waals surface area contributed by atoms with E-state index in [2.05, 4.69) is 65.1 Å². The van der Waals surface area contributed by atoms with Crippen LogP contribution in [-0.4, -0.2) is 25.9 Å². The first-order valence-electron chi connectivity index (χ1n) is 9.09. The average Bonchev–Trinajstić information content (AvgIpc) is 3.21. The zero-order valence-corrected chi connectivity index (χ0v) is 17.3. The zero-order valence-electron chi connectivity index (χ0n) is 16.5. The van der Waals surface area contributed by atoms with E-state index in [0.29, 0.717) is 0 Å². The minimum atomic E-state index is -4.41. The lowest BCUT2D eigenvalue weighted by Gasteiger charge is -2.21. The molecule has 0 aromatic heterocycles. The SMILES string of the molecule is COS(=O)(=O)[O-].Cc1ccc(N2NC(c3ccccc3)=N[NH+]2c2ccccc2)cc1. The van der Waals surface area contributed by atoms with Crippen LogP contribution in [0.4, 0.5) is 11.4 Å². The first kappa shape index (κ1) is 21.5. The van der Waals surface area contributed by atoms with Crippen LogP contribution < -0.4 is 15.7 Å². The van der Waals surface area contributed by atoms with Crippen molar-refractivity contribution >= 4 is 27.6 Å². The van der Waals surface area contributed by atoms with Gasteiger partial charge in [0.25, 0.3) is 0 Å². The molecule has 30 heavy (non-hydrogen) atoms. The van der Waals surface area contributed by atoms with E-state index < -0.39 is 10.4 Å². The highest BCUT2D eigenvalue weighted by Crippen LogP contribution is 2.15. The number of nitrogens with zero attached hydrogens (tertiary/aromatic N) is 2. The number of hydrogen-bond acceptors (Lipinski definition) is 7. The van der Waals surface area contributed by atoms with E-state index in [1.54, 1.807) is 0 Å². The Kier molecular flexibility index (Phi) is 6.80. The van der Waals surface area contributed by atoms with Gasteiger partial charge in [-0.05, 0) is 24.2 Å². The summed E-state index contributed by atoms with van der Waals surface area (Å²) in [7, 11) is -3.60. The van der Waals surface area contributed by atoms with Gasteiger partial charge in [0.05, 0.1) is 7.11 Å². The van der Waals surface area contributed by atoms with Crippen LogP contribution in [0.3, 0.4) is 0 Å². The lowest BCUT2D eigenvalue weighted by Crippen LogP contribution is -3.10. The van der Waals surface area contributed by atoms with Gasteiger partial charge in [0.2, 0.25) is 16.2 Å². The third kappa shape index (κ3) is 5.65. The van der Waals surface area contributed by atoms with Gasteiger partial charge in [-0.1, -0.05) is 76.5 Å². The highest BCUT2D eigenvalue weighted by Gasteiger charge is 2.31. The monoisotopic (exact) mass is 426 g/mol. The molecule has 1 unspecified atom stereocenters. The Morgan fingerprint density at radius 1 is 0.933 bits per heavy atom. The largest absolute Gasteiger partial charge is 0.726 e. The molecule has 8 nitrogen and oxygen atoms in total. The second-order valence-corrected chi connectivity index (χ2v) is 7.52. The third-order valence-electron chi connectivity index (χ3n) is 4.22. The van der Waals surface area contributed by atoms with Crippen molar-refractivity contribution in [1.82, 2.24) is 5.43 Å². The van der Waals surface area contributed by atoms with Gasteiger partial charge in [-0.25, -0.2) is 13.8 Å². The number of quaternary nitrogens is 1. The van der Waals surface area contributed by atoms with E-state index in [9.17, 15) is 13.0 Å². The Hall–Kier alpha value is -3.24. The van der Waals surface area contributed by atoms with Gasteiger partial charge in [-0.15, -0.1) is 0 Å². The molecular weight excluding hydrogens is 404 g/mol. The van der Waals surface area contributed by atoms with Crippen molar-refractivity contribution in [2.45, 2.75) is 6.92 Å². The summed E-state index contributed by atoms with van der Waals surface area (Å²) in [5, 5.41) is 7.80. The molecule has 9 heteroatoms. The van der Waals surface area contributed by atoms with E-state index in [4.69, 9.17) is 5.10 Å². The maximum absolute atomic E-state index is 9.22. The highest BCUT2D eigenvalue weighted by atomic mass is 32.3. The molecule has 1 atom stereocenters. The number of aryl methyl sites for hydroxylation is 1. The molecule has 0 amide bonds. The van der Waals surface area contributed by atoms with Gasteiger partial charge in [-0.2, -0.15) is 0 Å². The van der Waals surface area contributed by atoms with Crippen molar-refractivity contribution in [3.8, 4) is 0 Å². The standard InChI is InChI=1S/C20H18N4.CH4O4S/c1-16-12-14-19(15-13-16)24-22-20(17-8-4-2-5-9-17)21-23(24)18-10-6-3-7-11-18;1-5-6(2,3)4/h2-15H,1H3,(H,21,22);1H3,(H,2,3,4). The van der Waals surface area contributed by atoms with Gasteiger partial charge in [0.1, 0.15) is 5.69 Å². The number of nitrogens with one attached hydrogen (secondary N) is 2. The minimum Gasteiger partial charge on any atom is -0.726 e. The molecule has 4 rings (SSSR count). The summed E-state index contributed by atoms with van der Waals surface area (Å²) in [5.41, 5.74) is 7.89. The van der Waals surface area contributed by atoms with Crippen LogP contribution in [0.25, 0.3) is 0 Å². The summed E-state index contributed by atoms with van der Waals surface area (Å²) in [4.78, 5) is 0. The number of hydrogen-bond donors (Lipinski definition) is 2. The summed E-state index contributed by atoms with van der Waals surface area (Å²) in [5.74, 6) is 0.857. The minimum absolute atomic E-state index is 0.808. The fourth-order valence-electron chi connectivity index (χ4n) is 2.73. The molecule has 0 radical (unpaired) electrons. The fraction of sp³-hybridized carbons (Fsp3) is 0.0952. The van der Waals surface area contributed by atoms with E-state index >= 15 is 0 Å². The van der Waals surface area contributed by atoms with Crippen molar-refractivity contribution in [2.24, 2.45) is 5.10 Å². The third-order valence-corrected chi connectivity index (χ3v) is 4.63. The van der Waals surface area contributed by atoms with E-state index in [0.717, 1.165) is 35.0 Å². The second kappa shape index (κ2) is 9.51. The maximum atomic E-state index is 9.22. The molecule has 0 spiro atoms. The molecule has 0 aliphatic carbocycles. The Morgan fingerprint density at radius 3 is 2.00 bits per heavy atom. The van der Waals surface area contributed by atoms with Crippen LogP contribution in [0, 0.1) is 6.92 Å². The number of amidine groups is 1. The Balaban J connectivity index is 0.000000377. The van der Waals surface area contributed by atoms with Crippen molar-refractivity contribution in [3.05, 3.63) is 96.1 Å². The molecule has 1 heterocycles.